The van der Waals surface area contributed by atoms with Crippen LogP contribution in [0.15, 0.2) is 43.9 Å². The Balaban J connectivity index is 1.94. The highest BCUT2D eigenvalue weighted by atomic mass is 79.9. The zero-order chi connectivity index (χ0) is 15.2. The summed E-state index contributed by atoms with van der Waals surface area (Å²) in [6.45, 7) is 5.58. The van der Waals surface area contributed by atoms with Crippen molar-refractivity contribution < 1.29 is 9.15 Å². The van der Waals surface area contributed by atoms with Gasteiger partial charge in [-0.2, -0.15) is 0 Å². The molecule has 1 heterocycles. The normalized spacial score (nSPS) is 12.4. The average Bonchev–Trinajstić information content (AvgIpc) is 2.93. The second-order valence-corrected chi connectivity index (χ2v) is 6.60. The Hall–Kier alpha value is -0.780. The van der Waals surface area contributed by atoms with Crippen molar-refractivity contribution in [1.82, 2.24) is 5.32 Å². The monoisotopic (exact) mass is 415 g/mol. The lowest BCUT2D eigenvalue weighted by atomic mass is 10.1. The van der Waals surface area contributed by atoms with Crippen LogP contribution >= 0.6 is 31.9 Å². The molecule has 0 saturated carbocycles. The maximum atomic E-state index is 5.59. The molecule has 114 valence electrons. The number of rotatable bonds is 7. The van der Waals surface area contributed by atoms with Gasteiger partial charge in [-0.15, -0.1) is 0 Å². The Morgan fingerprint density at radius 2 is 2.00 bits per heavy atom. The number of furan rings is 1. The van der Waals surface area contributed by atoms with Crippen molar-refractivity contribution in [3.8, 4) is 5.75 Å². The van der Waals surface area contributed by atoms with Gasteiger partial charge in [-0.3, -0.25) is 0 Å². The van der Waals surface area contributed by atoms with E-state index in [0.29, 0.717) is 12.6 Å². The zero-order valence-electron chi connectivity index (χ0n) is 12.2. The lowest BCUT2D eigenvalue weighted by molar-refractivity contribution is 0.336. The Morgan fingerprint density at radius 1 is 1.29 bits per heavy atom. The molecule has 5 heteroatoms. The SMILES string of the molecule is CCOc1c(Br)cc(CNC(C)Cc2ccco2)cc1Br. The Morgan fingerprint density at radius 3 is 2.57 bits per heavy atom. The van der Waals surface area contributed by atoms with Crippen molar-refractivity contribution >= 4 is 31.9 Å². The Labute approximate surface area is 142 Å². The predicted molar refractivity (Wildman–Crippen MR) is 91.7 cm³/mol. The molecule has 0 spiro atoms. The predicted octanol–water partition coefficient (Wildman–Crippen LogP) is 4.92. The van der Waals surface area contributed by atoms with E-state index in [9.17, 15) is 0 Å². The van der Waals surface area contributed by atoms with Crippen LogP contribution in [0.1, 0.15) is 25.2 Å². The smallest absolute Gasteiger partial charge is 0.147 e. The molecule has 2 rings (SSSR count). The lowest BCUT2D eigenvalue weighted by Crippen LogP contribution is -2.27. The standard InChI is InChI=1S/C16H19Br2NO2/c1-3-20-16-14(17)8-12(9-15(16)18)10-19-11(2)7-13-5-4-6-21-13/h4-6,8-9,11,19H,3,7,10H2,1-2H3. The lowest BCUT2D eigenvalue weighted by Gasteiger charge is -2.14. The summed E-state index contributed by atoms with van der Waals surface area (Å²) in [5, 5.41) is 3.50. The fourth-order valence-electron chi connectivity index (χ4n) is 2.09. The van der Waals surface area contributed by atoms with Gasteiger partial charge in [0.2, 0.25) is 0 Å². The van der Waals surface area contributed by atoms with Gasteiger partial charge in [-0.05, 0) is 75.5 Å². The third kappa shape index (κ3) is 4.87. The molecule has 1 aromatic carbocycles. The van der Waals surface area contributed by atoms with Gasteiger partial charge >= 0.3 is 0 Å². The van der Waals surface area contributed by atoms with Gasteiger partial charge in [0.25, 0.3) is 0 Å². The minimum atomic E-state index is 0.347. The van der Waals surface area contributed by atoms with Gasteiger partial charge in [-0.1, -0.05) is 0 Å². The Bertz CT molecular complexity index is 547. The van der Waals surface area contributed by atoms with E-state index in [4.69, 9.17) is 9.15 Å². The third-order valence-corrected chi connectivity index (χ3v) is 4.27. The highest BCUT2D eigenvalue weighted by molar-refractivity contribution is 9.11. The maximum Gasteiger partial charge on any atom is 0.147 e. The fraction of sp³-hybridized carbons (Fsp3) is 0.375. The number of halogens is 2. The molecule has 0 radical (unpaired) electrons. The summed E-state index contributed by atoms with van der Waals surface area (Å²) in [7, 11) is 0. The Kier molecular flexibility index (Phi) is 6.33. The molecule has 3 nitrogen and oxygen atoms in total. The summed E-state index contributed by atoms with van der Waals surface area (Å²) in [6.07, 6.45) is 2.59. The summed E-state index contributed by atoms with van der Waals surface area (Å²) in [5.41, 5.74) is 1.20. The van der Waals surface area contributed by atoms with Crippen LogP contribution in [0.4, 0.5) is 0 Å². The van der Waals surface area contributed by atoms with Gasteiger partial charge in [0.15, 0.2) is 0 Å². The van der Waals surface area contributed by atoms with E-state index >= 15 is 0 Å². The second kappa shape index (κ2) is 8.01. The molecule has 0 aliphatic carbocycles. The van der Waals surface area contributed by atoms with E-state index in [2.05, 4.69) is 56.2 Å². The van der Waals surface area contributed by atoms with E-state index in [1.807, 2.05) is 19.1 Å². The number of hydrogen-bond donors (Lipinski definition) is 1. The molecule has 0 fully saturated rings. The van der Waals surface area contributed by atoms with Crippen LogP contribution in [-0.4, -0.2) is 12.6 Å². The quantitative estimate of drug-likeness (QED) is 0.695. The van der Waals surface area contributed by atoms with E-state index in [-0.39, 0.29) is 0 Å². The average molecular weight is 417 g/mol. The molecule has 0 aliphatic rings. The van der Waals surface area contributed by atoms with Crippen LogP contribution < -0.4 is 10.1 Å². The fourth-order valence-corrected chi connectivity index (χ4v) is 3.60. The van der Waals surface area contributed by atoms with Crippen molar-refractivity contribution in [3.63, 3.8) is 0 Å². The molecule has 0 saturated heterocycles. The van der Waals surface area contributed by atoms with Crippen molar-refractivity contribution in [2.45, 2.75) is 32.9 Å². The molecule has 1 aromatic heterocycles. The molecule has 0 bridgehead atoms. The number of benzene rings is 1. The van der Waals surface area contributed by atoms with E-state index in [0.717, 1.165) is 33.4 Å². The van der Waals surface area contributed by atoms with Gasteiger partial charge in [0.05, 0.1) is 21.8 Å². The largest absolute Gasteiger partial charge is 0.492 e. The molecule has 21 heavy (non-hydrogen) atoms. The van der Waals surface area contributed by atoms with E-state index in [1.165, 1.54) is 5.56 Å². The van der Waals surface area contributed by atoms with Crippen LogP contribution in [-0.2, 0) is 13.0 Å². The van der Waals surface area contributed by atoms with Crippen molar-refractivity contribution in [1.29, 1.82) is 0 Å². The highest BCUT2D eigenvalue weighted by Crippen LogP contribution is 2.34. The maximum absolute atomic E-state index is 5.59. The summed E-state index contributed by atoms with van der Waals surface area (Å²) >= 11 is 7.11. The van der Waals surface area contributed by atoms with Gasteiger partial charge in [0, 0.05) is 19.0 Å². The number of hydrogen-bond acceptors (Lipinski definition) is 3. The minimum Gasteiger partial charge on any atom is -0.492 e. The van der Waals surface area contributed by atoms with E-state index in [1.54, 1.807) is 6.26 Å². The number of nitrogens with one attached hydrogen (secondary N) is 1. The van der Waals surface area contributed by atoms with Gasteiger partial charge in [0.1, 0.15) is 11.5 Å². The van der Waals surface area contributed by atoms with Gasteiger partial charge < -0.3 is 14.5 Å². The van der Waals surface area contributed by atoms with Crippen molar-refractivity contribution in [2.75, 3.05) is 6.61 Å². The van der Waals surface area contributed by atoms with Crippen LogP contribution in [0.3, 0.4) is 0 Å². The van der Waals surface area contributed by atoms with Gasteiger partial charge in [-0.25, -0.2) is 0 Å². The van der Waals surface area contributed by atoms with Crippen LogP contribution in [0.25, 0.3) is 0 Å². The highest BCUT2D eigenvalue weighted by Gasteiger charge is 2.10. The second-order valence-electron chi connectivity index (χ2n) is 4.89. The molecular formula is C16H19Br2NO2. The summed E-state index contributed by atoms with van der Waals surface area (Å²) in [5.74, 6) is 1.86. The van der Waals surface area contributed by atoms with Crippen molar-refractivity contribution in [3.05, 3.63) is 50.8 Å². The zero-order valence-corrected chi connectivity index (χ0v) is 15.3. The third-order valence-electron chi connectivity index (χ3n) is 3.09. The van der Waals surface area contributed by atoms with Crippen molar-refractivity contribution in [2.24, 2.45) is 0 Å². The first-order valence-electron chi connectivity index (χ1n) is 6.96. The molecule has 1 atom stereocenters. The van der Waals surface area contributed by atoms with E-state index < -0.39 is 0 Å². The van der Waals surface area contributed by atoms with Crippen LogP contribution in [0.5, 0.6) is 5.75 Å². The molecule has 1 unspecified atom stereocenters. The molecule has 0 amide bonds. The first-order valence-corrected chi connectivity index (χ1v) is 8.55. The molecule has 2 aromatic rings. The first-order chi connectivity index (χ1) is 10.1. The van der Waals surface area contributed by atoms with Crippen LogP contribution in [0.2, 0.25) is 0 Å². The molecular weight excluding hydrogens is 398 g/mol. The minimum absolute atomic E-state index is 0.347. The summed E-state index contributed by atoms with van der Waals surface area (Å²) in [6, 6.07) is 8.44. The topological polar surface area (TPSA) is 34.4 Å². The number of ether oxygens (including phenoxy) is 1. The summed E-state index contributed by atoms with van der Waals surface area (Å²) < 4.78 is 12.9. The van der Waals surface area contributed by atoms with Crippen LogP contribution in [0, 0.1) is 0 Å². The molecule has 0 aliphatic heterocycles. The summed E-state index contributed by atoms with van der Waals surface area (Å²) in [4.78, 5) is 0. The first kappa shape index (κ1) is 16.6. The molecule has 1 N–H and O–H groups in total.